The van der Waals surface area contributed by atoms with Crippen molar-refractivity contribution < 1.29 is 4.79 Å². The first kappa shape index (κ1) is 15.8. The minimum atomic E-state index is -0.0339. The van der Waals surface area contributed by atoms with Crippen LogP contribution in [0.2, 0.25) is 0 Å². The van der Waals surface area contributed by atoms with E-state index < -0.39 is 0 Å². The topological polar surface area (TPSA) is 69.8 Å². The summed E-state index contributed by atoms with van der Waals surface area (Å²) in [5, 5.41) is 6.08. The monoisotopic (exact) mass is 314 g/mol. The molecule has 3 N–H and O–H groups in total. The number of hydrogen-bond acceptors (Lipinski definition) is 2. The lowest BCUT2D eigenvalue weighted by atomic mass is 9.86. The van der Waals surface area contributed by atoms with E-state index in [4.69, 9.17) is 0 Å². The molecular weight excluding hydrogens is 288 g/mol. The van der Waals surface area contributed by atoms with Crippen molar-refractivity contribution in [2.24, 2.45) is 5.92 Å². The van der Waals surface area contributed by atoms with Gasteiger partial charge < -0.3 is 15.6 Å². The van der Waals surface area contributed by atoms with Gasteiger partial charge in [0.15, 0.2) is 0 Å². The van der Waals surface area contributed by atoms with Gasteiger partial charge in [-0.05, 0) is 37.3 Å². The second-order valence-corrected chi connectivity index (χ2v) is 6.57. The third-order valence-electron chi connectivity index (χ3n) is 4.74. The quantitative estimate of drug-likeness (QED) is 0.741. The maximum atomic E-state index is 12.0. The van der Waals surface area contributed by atoms with Crippen molar-refractivity contribution in [3.8, 4) is 0 Å². The van der Waals surface area contributed by atoms with Gasteiger partial charge in [0.1, 0.15) is 5.82 Å². The minimum absolute atomic E-state index is 0.0339. The Morgan fingerprint density at radius 3 is 2.96 bits per heavy atom. The highest BCUT2D eigenvalue weighted by Gasteiger charge is 2.22. The molecule has 5 nitrogen and oxygen atoms in total. The molecule has 1 aromatic carbocycles. The number of fused-ring (bicyclic) bond motifs is 1. The maximum absolute atomic E-state index is 12.0. The lowest BCUT2D eigenvalue weighted by molar-refractivity contribution is 0.221. The van der Waals surface area contributed by atoms with Gasteiger partial charge in [-0.2, -0.15) is 0 Å². The zero-order valence-corrected chi connectivity index (χ0v) is 13.8. The summed E-state index contributed by atoms with van der Waals surface area (Å²) in [6.07, 6.45) is 6.56. The van der Waals surface area contributed by atoms with Gasteiger partial charge in [-0.15, -0.1) is 0 Å². The molecule has 0 radical (unpaired) electrons. The lowest BCUT2D eigenvalue weighted by Gasteiger charge is -2.29. The van der Waals surface area contributed by atoms with Gasteiger partial charge >= 0.3 is 6.03 Å². The second kappa shape index (κ2) is 7.49. The SMILES string of the molecule is CC1CCCCC1NC(=O)NCCCc1nc2ccccc2[nH]1. The predicted molar refractivity (Wildman–Crippen MR) is 92.4 cm³/mol. The van der Waals surface area contributed by atoms with E-state index in [1.807, 2.05) is 24.3 Å². The molecule has 23 heavy (non-hydrogen) atoms. The van der Waals surface area contributed by atoms with E-state index in [2.05, 4.69) is 27.5 Å². The van der Waals surface area contributed by atoms with Gasteiger partial charge in [-0.3, -0.25) is 0 Å². The van der Waals surface area contributed by atoms with Crippen LogP contribution in [-0.2, 0) is 6.42 Å². The van der Waals surface area contributed by atoms with E-state index in [0.29, 0.717) is 18.5 Å². The Morgan fingerprint density at radius 2 is 2.13 bits per heavy atom. The molecule has 5 heteroatoms. The van der Waals surface area contributed by atoms with Crippen molar-refractivity contribution in [2.45, 2.75) is 51.5 Å². The molecular formula is C18H26N4O. The molecule has 0 aliphatic heterocycles. The number of carbonyl (C=O) groups is 1. The van der Waals surface area contributed by atoms with Crippen molar-refractivity contribution in [3.63, 3.8) is 0 Å². The molecule has 2 atom stereocenters. The fraction of sp³-hybridized carbons (Fsp3) is 0.556. The number of aryl methyl sites for hydroxylation is 1. The summed E-state index contributed by atoms with van der Waals surface area (Å²) in [6.45, 7) is 2.90. The third-order valence-corrected chi connectivity index (χ3v) is 4.74. The molecule has 1 heterocycles. The van der Waals surface area contributed by atoms with Crippen LogP contribution >= 0.6 is 0 Å². The molecule has 2 amide bonds. The van der Waals surface area contributed by atoms with Crippen LogP contribution in [0.3, 0.4) is 0 Å². The van der Waals surface area contributed by atoms with Gasteiger partial charge in [0.25, 0.3) is 0 Å². The average Bonchev–Trinajstić information content (AvgIpc) is 2.96. The normalized spacial score (nSPS) is 21.3. The molecule has 2 aromatic rings. The molecule has 1 aromatic heterocycles. The van der Waals surface area contributed by atoms with Gasteiger partial charge in [-0.1, -0.05) is 31.9 Å². The zero-order valence-electron chi connectivity index (χ0n) is 13.8. The van der Waals surface area contributed by atoms with Crippen molar-refractivity contribution in [1.82, 2.24) is 20.6 Å². The van der Waals surface area contributed by atoms with E-state index in [0.717, 1.165) is 36.1 Å². The van der Waals surface area contributed by atoms with Crippen molar-refractivity contribution in [1.29, 1.82) is 0 Å². The molecule has 1 saturated carbocycles. The first-order valence-electron chi connectivity index (χ1n) is 8.70. The van der Waals surface area contributed by atoms with Gasteiger partial charge in [0.2, 0.25) is 0 Å². The Balaban J connectivity index is 1.38. The predicted octanol–water partition coefficient (Wildman–Crippen LogP) is 3.37. The minimum Gasteiger partial charge on any atom is -0.342 e. The Kier molecular flexibility index (Phi) is 5.16. The first-order valence-corrected chi connectivity index (χ1v) is 8.70. The fourth-order valence-corrected chi connectivity index (χ4v) is 3.33. The van der Waals surface area contributed by atoms with Crippen LogP contribution in [0.25, 0.3) is 11.0 Å². The lowest BCUT2D eigenvalue weighted by Crippen LogP contribution is -2.46. The molecule has 3 rings (SSSR count). The Hall–Kier alpha value is -2.04. The summed E-state index contributed by atoms with van der Waals surface area (Å²) in [6, 6.07) is 8.33. The number of carbonyl (C=O) groups excluding carboxylic acids is 1. The van der Waals surface area contributed by atoms with Crippen LogP contribution < -0.4 is 10.6 Å². The highest BCUT2D eigenvalue weighted by Crippen LogP contribution is 2.23. The van der Waals surface area contributed by atoms with Gasteiger partial charge in [-0.25, -0.2) is 9.78 Å². The standard InChI is InChI=1S/C18H26N4O/c1-13-7-2-3-8-14(13)22-18(23)19-12-6-11-17-20-15-9-4-5-10-16(15)21-17/h4-5,9-10,13-14H,2-3,6-8,11-12H2,1H3,(H,20,21)(H2,19,22,23). The van der Waals surface area contributed by atoms with Crippen LogP contribution in [0.1, 0.15) is 44.9 Å². The fourth-order valence-electron chi connectivity index (χ4n) is 3.33. The Morgan fingerprint density at radius 1 is 1.30 bits per heavy atom. The largest absolute Gasteiger partial charge is 0.342 e. The third kappa shape index (κ3) is 4.24. The number of amides is 2. The number of hydrogen-bond donors (Lipinski definition) is 3. The van der Waals surface area contributed by atoms with Gasteiger partial charge in [0, 0.05) is 19.0 Å². The molecule has 1 fully saturated rings. The first-order chi connectivity index (χ1) is 11.2. The zero-order chi connectivity index (χ0) is 16.1. The maximum Gasteiger partial charge on any atom is 0.315 e. The molecule has 0 bridgehead atoms. The number of urea groups is 1. The van der Waals surface area contributed by atoms with Crippen LogP contribution in [0.4, 0.5) is 4.79 Å². The Bertz CT molecular complexity index is 618. The van der Waals surface area contributed by atoms with Crippen LogP contribution in [0.15, 0.2) is 24.3 Å². The van der Waals surface area contributed by atoms with E-state index >= 15 is 0 Å². The summed E-state index contributed by atoms with van der Waals surface area (Å²) < 4.78 is 0. The Labute approximate surface area is 137 Å². The van der Waals surface area contributed by atoms with Crippen LogP contribution in [-0.4, -0.2) is 28.6 Å². The van der Waals surface area contributed by atoms with Crippen LogP contribution in [0, 0.1) is 5.92 Å². The summed E-state index contributed by atoms with van der Waals surface area (Å²) in [4.78, 5) is 19.8. The van der Waals surface area contributed by atoms with E-state index in [1.165, 1.54) is 19.3 Å². The molecule has 124 valence electrons. The number of rotatable bonds is 5. The number of H-pyrrole nitrogens is 1. The van der Waals surface area contributed by atoms with E-state index in [1.54, 1.807) is 0 Å². The summed E-state index contributed by atoms with van der Waals surface area (Å²) in [5.74, 6) is 1.57. The summed E-state index contributed by atoms with van der Waals surface area (Å²) in [5.41, 5.74) is 2.07. The molecule has 1 aliphatic rings. The smallest absolute Gasteiger partial charge is 0.315 e. The second-order valence-electron chi connectivity index (χ2n) is 6.57. The van der Waals surface area contributed by atoms with Crippen molar-refractivity contribution in [2.75, 3.05) is 6.54 Å². The molecule has 0 spiro atoms. The van der Waals surface area contributed by atoms with Crippen molar-refractivity contribution in [3.05, 3.63) is 30.1 Å². The number of aromatic amines is 1. The number of aromatic nitrogens is 2. The van der Waals surface area contributed by atoms with Crippen molar-refractivity contribution >= 4 is 17.1 Å². The number of benzene rings is 1. The molecule has 1 aliphatic carbocycles. The number of imidazole rings is 1. The van der Waals surface area contributed by atoms with Crippen LogP contribution in [0.5, 0.6) is 0 Å². The summed E-state index contributed by atoms with van der Waals surface area (Å²) in [7, 11) is 0. The molecule has 0 saturated heterocycles. The number of nitrogens with zero attached hydrogens (tertiary/aromatic N) is 1. The highest BCUT2D eigenvalue weighted by molar-refractivity contribution is 5.75. The summed E-state index contributed by atoms with van der Waals surface area (Å²) >= 11 is 0. The average molecular weight is 314 g/mol. The van der Waals surface area contributed by atoms with E-state index in [9.17, 15) is 4.79 Å². The highest BCUT2D eigenvalue weighted by atomic mass is 16.2. The molecule has 2 unspecified atom stereocenters. The number of nitrogens with one attached hydrogen (secondary N) is 3. The van der Waals surface area contributed by atoms with Gasteiger partial charge in [0.05, 0.1) is 11.0 Å². The van der Waals surface area contributed by atoms with E-state index in [-0.39, 0.29) is 6.03 Å². The number of para-hydroxylation sites is 2.